The van der Waals surface area contributed by atoms with E-state index in [-0.39, 0.29) is 0 Å². The van der Waals surface area contributed by atoms with Gasteiger partial charge in [-0.1, -0.05) is 41.1 Å². The average Bonchev–Trinajstić information content (AvgIpc) is 2.46. The molecule has 1 N–H and O–H groups in total. The second-order valence-electron chi connectivity index (χ2n) is 4.32. The van der Waals surface area contributed by atoms with Crippen LogP contribution in [0.2, 0.25) is 0 Å². The largest absolute Gasteiger partial charge is 0.496 e. The second-order valence-corrected chi connectivity index (χ2v) is 5.24. The number of aryl methyl sites for hydroxylation is 1. The molecule has 2 aromatic rings. The third-order valence-corrected chi connectivity index (χ3v) is 3.60. The SMILES string of the molecule is CCc1cc(Br)ccc1NCc1ccccc1OC. The van der Waals surface area contributed by atoms with E-state index in [0.29, 0.717) is 0 Å². The molecular formula is C16H18BrNO. The van der Waals surface area contributed by atoms with E-state index in [1.165, 1.54) is 11.3 Å². The molecule has 0 saturated heterocycles. The highest BCUT2D eigenvalue weighted by Gasteiger charge is 2.04. The van der Waals surface area contributed by atoms with Gasteiger partial charge in [-0.3, -0.25) is 0 Å². The third-order valence-electron chi connectivity index (χ3n) is 3.11. The van der Waals surface area contributed by atoms with Crippen molar-refractivity contribution < 1.29 is 4.74 Å². The van der Waals surface area contributed by atoms with E-state index < -0.39 is 0 Å². The minimum atomic E-state index is 0.763. The monoisotopic (exact) mass is 319 g/mol. The Labute approximate surface area is 122 Å². The van der Waals surface area contributed by atoms with Crippen molar-refractivity contribution in [3.05, 3.63) is 58.1 Å². The quantitative estimate of drug-likeness (QED) is 0.867. The fourth-order valence-corrected chi connectivity index (χ4v) is 2.48. The Bertz CT molecular complexity index is 554. The lowest BCUT2D eigenvalue weighted by atomic mass is 10.1. The molecule has 0 amide bonds. The molecule has 0 unspecified atom stereocenters. The van der Waals surface area contributed by atoms with Crippen LogP contribution in [0.3, 0.4) is 0 Å². The van der Waals surface area contributed by atoms with Crippen LogP contribution in [0.25, 0.3) is 0 Å². The van der Waals surface area contributed by atoms with Crippen LogP contribution >= 0.6 is 15.9 Å². The molecule has 100 valence electrons. The van der Waals surface area contributed by atoms with E-state index in [1.807, 2.05) is 18.2 Å². The lowest BCUT2D eigenvalue weighted by molar-refractivity contribution is 0.410. The van der Waals surface area contributed by atoms with Gasteiger partial charge in [0.05, 0.1) is 7.11 Å². The fourth-order valence-electron chi connectivity index (χ4n) is 2.07. The van der Waals surface area contributed by atoms with Crippen molar-refractivity contribution in [3.63, 3.8) is 0 Å². The van der Waals surface area contributed by atoms with Gasteiger partial charge in [0.25, 0.3) is 0 Å². The summed E-state index contributed by atoms with van der Waals surface area (Å²) in [6, 6.07) is 14.4. The summed E-state index contributed by atoms with van der Waals surface area (Å²) < 4.78 is 6.48. The Kier molecular flexibility index (Phi) is 4.86. The number of nitrogens with one attached hydrogen (secondary N) is 1. The highest BCUT2D eigenvalue weighted by atomic mass is 79.9. The summed E-state index contributed by atoms with van der Waals surface area (Å²) in [6.07, 6.45) is 1.01. The maximum atomic E-state index is 5.36. The number of rotatable bonds is 5. The van der Waals surface area contributed by atoms with Crippen LogP contribution in [0.1, 0.15) is 18.1 Å². The Morgan fingerprint density at radius 2 is 1.89 bits per heavy atom. The maximum Gasteiger partial charge on any atom is 0.123 e. The van der Waals surface area contributed by atoms with E-state index in [1.54, 1.807) is 7.11 Å². The summed E-state index contributed by atoms with van der Waals surface area (Å²) in [5, 5.41) is 3.48. The predicted molar refractivity (Wildman–Crippen MR) is 83.8 cm³/mol. The van der Waals surface area contributed by atoms with Crippen LogP contribution in [0.15, 0.2) is 46.9 Å². The molecule has 0 aliphatic rings. The molecular weight excluding hydrogens is 302 g/mol. The maximum absolute atomic E-state index is 5.36. The van der Waals surface area contributed by atoms with Gasteiger partial charge in [-0.15, -0.1) is 0 Å². The van der Waals surface area contributed by atoms with Crippen molar-refractivity contribution in [2.45, 2.75) is 19.9 Å². The lowest BCUT2D eigenvalue weighted by Crippen LogP contribution is -2.03. The molecule has 2 aromatic carbocycles. The highest BCUT2D eigenvalue weighted by molar-refractivity contribution is 9.10. The molecule has 0 fully saturated rings. The van der Waals surface area contributed by atoms with Gasteiger partial charge in [-0.05, 0) is 36.2 Å². The minimum absolute atomic E-state index is 0.763. The molecule has 0 aliphatic heterocycles. The van der Waals surface area contributed by atoms with Crippen LogP contribution in [0, 0.1) is 0 Å². The molecule has 19 heavy (non-hydrogen) atoms. The zero-order chi connectivity index (χ0) is 13.7. The third kappa shape index (κ3) is 3.51. The van der Waals surface area contributed by atoms with Crippen molar-refractivity contribution in [2.24, 2.45) is 0 Å². The van der Waals surface area contributed by atoms with Gasteiger partial charge in [0.15, 0.2) is 0 Å². The molecule has 0 bridgehead atoms. The van der Waals surface area contributed by atoms with Gasteiger partial charge in [0, 0.05) is 22.3 Å². The summed E-state index contributed by atoms with van der Waals surface area (Å²) >= 11 is 3.51. The molecule has 0 saturated carbocycles. The number of para-hydroxylation sites is 1. The smallest absolute Gasteiger partial charge is 0.123 e. The molecule has 3 heteroatoms. The first kappa shape index (κ1) is 13.9. The van der Waals surface area contributed by atoms with Crippen molar-refractivity contribution in [3.8, 4) is 5.75 Å². The van der Waals surface area contributed by atoms with Crippen molar-refractivity contribution in [2.75, 3.05) is 12.4 Å². The first-order chi connectivity index (χ1) is 9.24. The minimum Gasteiger partial charge on any atom is -0.496 e. The first-order valence-electron chi connectivity index (χ1n) is 6.38. The number of hydrogen-bond donors (Lipinski definition) is 1. The van der Waals surface area contributed by atoms with Crippen LogP contribution in [0.5, 0.6) is 5.75 Å². The number of benzene rings is 2. The van der Waals surface area contributed by atoms with Crippen molar-refractivity contribution >= 4 is 21.6 Å². The molecule has 0 radical (unpaired) electrons. The molecule has 0 spiro atoms. The molecule has 0 aromatic heterocycles. The Morgan fingerprint density at radius 1 is 1.11 bits per heavy atom. The van der Waals surface area contributed by atoms with Crippen LogP contribution in [-0.4, -0.2) is 7.11 Å². The summed E-state index contributed by atoms with van der Waals surface area (Å²) in [5.41, 5.74) is 3.65. The van der Waals surface area contributed by atoms with E-state index in [4.69, 9.17) is 4.74 Å². The average molecular weight is 320 g/mol. The first-order valence-corrected chi connectivity index (χ1v) is 7.18. The highest BCUT2D eigenvalue weighted by Crippen LogP contribution is 2.24. The van der Waals surface area contributed by atoms with Gasteiger partial charge >= 0.3 is 0 Å². The van der Waals surface area contributed by atoms with Gasteiger partial charge in [-0.2, -0.15) is 0 Å². The fraction of sp³-hybridized carbons (Fsp3) is 0.250. The van der Waals surface area contributed by atoms with E-state index in [0.717, 1.165) is 28.8 Å². The zero-order valence-electron chi connectivity index (χ0n) is 11.2. The second kappa shape index (κ2) is 6.62. The number of methoxy groups -OCH3 is 1. The predicted octanol–water partition coefficient (Wildman–Crippen LogP) is 4.63. The number of ether oxygens (including phenoxy) is 1. The van der Waals surface area contributed by atoms with Crippen molar-refractivity contribution in [1.29, 1.82) is 0 Å². The van der Waals surface area contributed by atoms with E-state index >= 15 is 0 Å². The van der Waals surface area contributed by atoms with Gasteiger partial charge < -0.3 is 10.1 Å². The Morgan fingerprint density at radius 3 is 2.63 bits per heavy atom. The summed E-state index contributed by atoms with van der Waals surface area (Å²) in [6.45, 7) is 2.93. The topological polar surface area (TPSA) is 21.3 Å². The number of hydrogen-bond acceptors (Lipinski definition) is 2. The molecule has 2 rings (SSSR count). The normalized spacial score (nSPS) is 10.3. The zero-order valence-corrected chi connectivity index (χ0v) is 12.8. The molecule has 0 atom stereocenters. The summed E-state index contributed by atoms with van der Waals surface area (Å²) in [7, 11) is 1.70. The van der Waals surface area contributed by atoms with E-state index in [2.05, 4.69) is 52.4 Å². The summed E-state index contributed by atoms with van der Waals surface area (Å²) in [4.78, 5) is 0. The summed E-state index contributed by atoms with van der Waals surface area (Å²) in [5.74, 6) is 0.921. The van der Waals surface area contributed by atoms with E-state index in [9.17, 15) is 0 Å². The van der Waals surface area contributed by atoms with Gasteiger partial charge in [0.2, 0.25) is 0 Å². The number of halogens is 1. The van der Waals surface area contributed by atoms with Crippen LogP contribution in [-0.2, 0) is 13.0 Å². The Balaban J connectivity index is 2.14. The molecule has 0 heterocycles. The Hall–Kier alpha value is -1.48. The lowest BCUT2D eigenvalue weighted by Gasteiger charge is -2.13. The molecule has 0 aliphatic carbocycles. The van der Waals surface area contributed by atoms with Gasteiger partial charge in [0.1, 0.15) is 5.75 Å². The number of anilines is 1. The molecule has 2 nitrogen and oxygen atoms in total. The standard InChI is InChI=1S/C16H18BrNO/c1-3-12-10-14(17)8-9-15(12)18-11-13-6-4-5-7-16(13)19-2/h4-10,18H,3,11H2,1-2H3. The van der Waals surface area contributed by atoms with Crippen molar-refractivity contribution in [1.82, 2.24) is 0 Å². The van der Waals surface area contributed by atoms with Crippen LogP contribution in [0.4, 0.5) is 5.69 Å². The van der Waals surface area contributed by atoms with Crippen LogP contribution < -0.4 is 10.1 Å². The van der Waals surface area contributed by atoms with Gasteiger partial charge in [-0.25, -0.2) is 0 Å².